The minimum absolute atomic E-state index is 0. The lowest BCUT2D eigenvalue weighted by Gasteiger charge is -2.36. The van der Waals surface area contributed by atoms with Crippen molar-refractivity contribution in [2.45, 2.75) is 46.6 Å². The van der Waals surface area contributed by atoms with Gasteiger partial charge in [-0.1, -0.05) is 26.0 Å². The summed E-state index contributed by atoms with van der Waals surface area (Å²) < 4.78 is 0. The fourth-order valence-corrected chi connectivity index (χ4v) is 4.27. The van der Waals surface area contributed by atoms with E-state index in [1.165, 1.54) is 28.7 Å². The molecule has 0 unspecified atom stereocenters. The number of piperazine rings is 1. The molecule has 1 aliphatic carbocycles. The first-order valence-electron chi connectivity index (χ1n) is 11.0. The minimum atomic E-state index is -0.0240. The van der Waals surface area contributed by atoms with E-state index < -0.39 is 0 Å². The van der Waals surface area contributed by atoms with Gasteiger partial charge in [-0.05, 0) is 80.3 Å². The molecule has 29 heavy (non-hydrogen) atoms. The molecule has 1 fully saturated rings. The molecule has 158 valence electrons. The smallest absolute Gasteiger partial charge is 0.255 e. The Morgan fingerprint density at radius 1 is 1.00 bits per heavy atom. The Morgan fingerprint density at radius 3 is 2.41 bits per heavy atom. The van der Waals surface area contributed by atoms with E-state index in [0.29, 0.717) is 6.04 Å². The molecule has 0 radical (unpaired) electrons. The normalized spacial score (nSPS) is 19.3. The van der Waals surface area contributed by atoms with Gasteiger partial charge < -0.3 is 10.2 Å². The van der Waals surface area contributed by atoms with Crippen molar-refractivity contribution in [3.63, 3.8) is 0 Å². The second-order valence-electron chi connectivity index (χ2n) is 8.06. The summed E-state index contributed by atoms with van der Waals surface area (Å²) in [6.07, 6.45) is 2.23. The standard InChI is InChI=1S/C23H29N3O.C2H6.H2/c1-16-4-7-20(14-17(16)2)24-23(27)19-5-8-21-18(15-19)6-9-22(21)26-12-10-25(3)11-13-26;1-2;/h4-5,7-8,14-15,22H,6,9-13H2,1-3H3,(H,24,27);1-2H3;1H/t22-;;/m0../s1. The molecule has 0 spiro atoms. The van der Waals surface area contributed by atoms with Crippen LogP contribution in [0.3, 0.4) is 0 Å². The number of fused-ring (bicyclic) bond motifs is 1. The number of anilines is 1. The van der Waals surface area contributed by atoms with E-state index >= 15 is 0 Å². The van der Waals surface area contributed by atoms with Gasteiger partial charge in [0.2, 0.25) is 0 Å². The van der Waals surface area contributed by atoms with Crippen molar-refractivity contribution in [3.8, 4) is 0 Å². The second kappa shape index (κ2) is 9.55. The summed E-state index contributed by atoms with van der Waals surface area (Å²) in [6.45, 7) is 12.7. The van der Waals surface area contributed by atoms with Gasteiger partial charge in [-0.3, -0.25) is 9.69 Å². The van der Waals surface area contributed by atoms with Crippen molar-refractivity contribution in [2.24, 2.45) is 0 Å². The van der Waals surface area contributed by atoms with E-state index in [2.05, 4.69) is 48.1 Å². The third kappa shape index (κ3) is 4.88. The lowest BCUT2D eigenvalue weighted by molar-refractivity contribution is 0.102. The highest BCUT2D eigenvalue weighted by atomic mass is 16.1. The molecule has 2 aromatic carbocycles. The van der Waals surface area contributed by atoms with Gasteiger partial charge in [-0.25, -0.2) is 0 Å². The molecule has 0 bridgehead atoms. The predicted molar refractivity (Wildman–Crippen MR) is 124 cm³/mol. The fraction of sp³-hybridized carbons (Fsp3) is 0.480. The summed E-state index contributed by atoms with van der Waals surface area (Å²) in [7, 11) is 2.19. The van der Waals surface area contributed by atoms with E-state index in [0.717, 1.165) is 43.9 Å². The van der Waals surface area contributed by atoms with Gasteiger partial charge in [-0.2, -0.15) is 0 Å². The molecule has 1 saturated heterocycles. The van der Waals surface area contributed by atoms with Crippen LogP contribution in [0.1, 0.15) is 60.3 Å². The molecular weight excluding hydrogens is 358 g/mol. The van der Waals surface area contributed by atoms with Crippen LogP contribution in [0.4, 0.5) is 5.69 Å². The maximum absolute atomic E-state index is 12.7. The van der Waals surface area contributed by atoms with Gasteiger partial charge in [0, 0.05) is 44.9 Å². The van der Waals surface area contributed by atoms with Crippen LogP contribution in [0.5, 0.6) is 0 Å². The minimum Gasteiger partial charge on any atom is -0.322 e. The van der Waals surface area contributed by atoms with Crippen molar-refractivity contribution in [1.29, 1.82) is 0 Å². The van der Waals surface area contributed by atoms with E-state index in [1.807, 2.05) is 38.1 Å². The molecule has 4 heteroatoms. The first-order valence-corrected chi connectivity index (χ1v) is 11.0. The molecule has 4 rings (SSSR count). The summed E-state index contributed by atoms with van der Waals surface area (Å²) in [5.41, 5.74) is 6.80. The quantitative estimate of drug-likeness (QED) is 0.789. The van der Waals surface area contributed by atoms with Crippen molar-refractivity contribution in [1.82, 2.24) is 9.80 Å². The Morgan fingerprint density at radius 2 is 1.72 bits per heavy atom. The maximum Gasteiger partial charge on any atom is 0.255 e. The average Bonchev–Trinajstić information content (AvgIpc) is 3.16. The number of hydrogen-bond donors (Lipinski definition) is 1. The lowest BCUT2D eigenvalue weighted by Crippen LogP contribution is -2.45. The third-order valence-corrected chi connectivity index (χ3v) is 6.19. The van der Waals surface area contributed by atoms with Gasteiger partial charge in [0.25, 0.3) is 5.91 Å². The first-order chi connectivity index (χ1) is 14.0. The summed E-state index contributed by atoms with van der Waals surface area (Å²) in [4.78, 5) is 17.7. The molecular formula is C25H37N3O. The van der Waals surface area contributed by atoms with Gasteiger partial charge in [0.05, 0.1) is 0 Å². The van der Waals surface area contributed by atoms with Crippen LogP contribution in [0.25, 0.3) is 0 Å². The van der Waals surface area contributed by atoms with Crippen LogP contribution in [0.15, 0.2) is 36.4 Å². The molecule has 1 heterocycles. The number of carbonyl (C=O) groups is 1. The summed E-state index contributed by atoms with van der Waals surface area (Å²) in [5.74, 6) is -0.0240. The number of benzene rings is 2. The third-order valence-electron chi connectivity index (χ3n) is 6.19. The molecule has 0 saturated carbocycles. The zero-order valence-corrected chi connectivity index (χ0v) is 18.6. The van der Waals surface area contributed by atoms with Gasteiger partial charge in [0.15, 0.2) is 0 Å². The van der Waals surface area contributed by atoms with Crippen LogP contribution < -0.4 is 5.32 Å². The van der Waals surface area contributed by atoms with Crippen LogP contribution in [-0.4, -0.2) is 48.9 Å². The number of rotatable bonds is 3. The highest BCUT2D eigenvalue weighted by Gasteiger charge is 2.30. The topological polar surface area (TPSA) is 35.6 Å². The summed E-state index contributed by atoms with van der Waals surface area (Å²) in [5, 5.41) is 3.04. The summed E-state index contributed by atoms with van der Waals surface area (Å²) in [6, 6.07) is 12.8. The Hall–Kier alpha value is -2.17. The molecule has 0 aromatic heterocycles. The molecule has 4 nitrogen and oxygen atoms in total. The maximum atomic E-state index is 12.7. The van der Waals surface area contributed by atoms with Gasteiger partial charge >= 0.3 is 0 Å². The van der Waals surface area contributed by atoms with Crippen LogP contribution >= 0.6 is 0 Å². The Kier molecular flexibility index (Phi) is 7.09. The Balaban J connectivity index is 0.00000104. The second-order valence-corrected chi connectivity index (χ2v) is 8.06. The molecule has 1 amide bonds. The average molecular weight is 396 g/mol. The zero-order chi connectivity index (χ0) is 21.0. The van der Waals surface area contributed by atoms with Crippen molar-refractivity contribution in [2.75, 3.05) is 38.5 Å². The largest absolute Gasteiger partial charge is 0.322 e. The number of likely N-dealkylation sites (N-methyl/N-ethyl adjacent to an activating group) is 1. The van der Waals surface area contributed by atoms with E-state index in [4.69, 9.17) is 0 Å². The Bertz CT molecular complexity index is 859. The number of nitrogens with one attached hydrogen (secondary N) is 1. The van der Waals surface area contributed by atoms with E-state index in [1.54, 1.807) is 0 Å². The lowest BCUT2D eigenvalue weighted by atomic mass is 10.0. The Labute approximate surface area is 177 Å². The van der Waals surface area contributed by atoms with Crippen LogP contribution in [0.2, 0.25) is 0 Å². The number of aryl methyl sites for hydroxylation is 3. The van der Waals surface area contributed by atoms with Crippen molar-refractivity contribution >= 4 is 11.6 Å². The SMILES string of the molecule is CC.Cc1ccc(NC(=O)c2ccc3c(c2)CC[C@@H]3N2CCN(C)CC2)cc1C.[HH]. The van der Waals surface area contributed by atoms with E-state index in [9.17, 15) is 4.79 Å². The van der Waals surface area contributed by atoms with Crippen LogP contribution in [-0.2, 0) is 6.42 Å². The number of hydrogen-bond acceptors (Lipinski definition) is 3. The highest BCUT2D eigenvalue weighted by molar-refractivity contribution is 6.04. The molecule has 1 atom stereocenters. The van der Waals surface area contributed by atoms with E-state index in [-0.39, 0.29) is 7.33 Å². The molecule has 2 aliphatic rings. The molecule has 1 N–H and O–H groups in total. The van der Waals surface area contributed by atoms with Crippen LogP contribution in [0, 0.1) is 13.8 Å². The molecule has 2 aromatic rings. The zero-order valence-electron chi connectivity index (χ0n) is 18.6. The highest BCUT2D eigenvalue weighted by Crippen LogP contribution is 2.36. The number of nitrogens with zero attached hydrogens (tertiary/aromatic N) is 2. The number of amides is 1. The predicted octanol–water partition coefficient (Wildman–Crippen LogP) is 5.06. The molecule has 1 aliphatic heterocycles. The first kappa shape index (κ1) is 21.5. The van der Waals surface area contributed by atoms with Crippen molar-refractivity contribution < 1.29 is 6.22 Å². The fourth-order valence-electron chi connectivity index (χ4n) is 4.27. The van der Waals surface area contributed by atoms with Gasteiger partial charge in [0.1, 0.15) is 0 Å². The van der Waals surface area contributed by atoms with Crippen molar-refractivity contribution in [3.05, 3.63) is 64.2 Å². The monoisotopic (exact) mass is 395 g/mol. The summed E-state index contributed by atoms with van der Waals surface area (Å²) >= 11 is 0. The van der Waals surface area contributed by atoms with Gasteiger partial charge in [-0.15, -0.1) is 0 Å². The number of carbonyl (C=O) groups excluding carboxylic acids is 1.